The molecule has 1 aliphatic rings. The zero-order chi connectivity index (χ0) is 20.8. The number of anilines is 2. The van der Waals surface area contributed by atoms with Gasteiger partial charge in [-0.05, 0) is 35.7 Å². The lowest BCUT2D eigenvalue weighted by molar-refractivity contribution is -0.892. The fourth-order valence-corrected chi connectivity index (χ4v) is 4.24. The lowest BCUT2D eigenvalue weighted by atomic mass is 10.0. The van der Waals surface area contributed by atoms with Crippen molar-refractivity contribution in [3.05, 3.63) is 95.0 Å². The molecule has 1 aliphatic heterocycles. The van der Waals surface area contributed by atoms with Gasteiger partial charge in [0.15, 0.2) is 6.54 Å². The van der Waals surface area contributed by atoms with E-state index in [0.29, 0.717) is 6.54 Å². The second kappa shape index (κ2) is 9.79. The van der Waals surface area contributed by atoms with Gasteiger partial charge in [-0.2, -0.15) is 0 Å². The molecule has 1 saturated heterocycles. The quantitative estimate of drug-likeness (QED) is 0.642. The summed E-state index contributed by atoms with van der Waals surface area (Å²) in [6.45, 7) is 4.12. The zero-order valence-corrected chi connectivity index (χ0v) is 17.7. The van der Waals surface area contributed by atoms with Crippen molar-refractivity contribution < 1.29 is 9.69 Å². The number of para-hydroxylation sites is 2. The van der Waals surface area contributed by atoms with E-state index in [-0.39, 0.29) is 5.91 Å². The summed E-state index contributed by atoms with van der Waals surface area (Å²) in [6, 6.07) is 26.3. The van der Waals surface area contributed by atoms with Crippen LogP contribution in [0.15, 0.2) is 78.9 Å². The molecule has 154 valence electrons. The Hall–Kier alpha value is -2.82. The van der Waals surface area contributed by atoms with Crippen molar-refractivity contribution in [3.8, 4) is 0 Å². The molecule has 0 spiro atoms. The number of halogens is 1. The molecule has 5 heteroatoms. The minimum Gasteiger partial charge on any atom is -0.359 e. The largest absolute Gasteiger partial charge is 0.359 e. The van der Waals surface area contributed by atoms with Crippen molar-refractivity contribution in [1.82, 2.24) is 0 Å². The molecule has 3 aromatic carbocycles. The molecule has 0 unspecified atom stereocenters. The van der Waals surface area contributed by atoms with Crippen LogP contribution >= 0.6 is 11.6 Å². The highest BCUT2D eigenvalue weighted by Gasteiger charge is 2.23. The van der Waals surface area contributed by atoms with Crippen molar-refractivity contribution >= 4 is 28.9 Å². The average molecular weight is 421 g/mol. The molecule has 0 aromatic heterocycles. The third-order valence-electron chi connectivity index (χ3n) is 5.60. The molecule has 4 nitrogen and oxygen atoms in total. The van der Waals surface area contributed by atoms with Crippen molar-refractivity contribution in [2.24, 2.45) is 0 Å². The number of hydrogen-bond acceptors (Lipinski definition) is 2. The number of nitrogens with one attached hydrogen (secondary N) is 2. The van der Waals surface area contributed by atoms with Gasteiger partial charge in [-0.25, -0.2) is 0 Å². The smallest absolute Gasteiger partial charge is 0.279 e. The summed E-state index contributed by atoms with van der Waals surface area (Å²) in [4.78, 5) is 16.3. The van der Waals surface area contributed by atoms with Gasteiger partial charge in [0.05, 0.1) is 36.9 Å². The van der Waals surface area contributed by atoms with Crippen LogP contribution in [0.3, 0.4) is 0 Å². The standard InChI is InChI=1S/C25H26ClN3O/c26-22-11-5-7-13-24(22)29-16-14-28(15-17-29)19-25(30)27-23-12-6-4-10-21(23)18-20-8-2-1-3-9-20/h1-13H,14-19H2,(H,27,30)/p+1. The Labute approximate surface area is 183 Å². The van der Waals surface area contributed by atoms with Gasteiger partial charge < -0.3 is 15.1 Å². The average Bonchev–Trinajstić information content (AvgIpc) is 2.77. The Kier molecular flexibility index (Phi) is 6.67. The predicted molar refractivity (Wildman–Crippen MR) is 124 cm³/mol. The molecule has 1 fully saturated rings. The van der Waals surface area contributed by atoms with Crippen molar-refractivity contribution in [3.63, 3.8) is 0 Å². The van der Waals surface area contributed by atoms with E-state index < -0.39 is 0 Å². The number of benzene rings is 3. The van der Waals surface area contributed by atoms with E-state index in [2.05, 4.69) is 34.5 Å². The minimum absolute atomic E-state index is 0.0664. The first-order valence-corrected chi connectivity index (χ1v) is 10.8. The van der Waals surface area contributed by atoms with Gasteiger partial charge in [0, 0.05) is 5.69 Å². The monoisotopic (exact) mass is 420 g/mol. The molecule has 3 aromatic rings. The van der Waals surface area contributed by atoms with E-state index in [0.717, 1.165) is 54.6 Å². The van der Waals surface area contributed by atoms with E-state index in [1.54, 1.807) is 0 Å². The Bertz CT molecular complexity index is 984. The number of carbonyl (C=O) groups excluding carboxylic acids is 1. The number of amides is 1. The number of carbonyl (C=O) groups is 1. The summed E-state index contributed by atoms with van der Waals surface area (Å²) in [5, 5.41) is 3.92. The molecule has 0 saturated carbocycles. The molecule has 30 heavy (non-hydrogen) atoms. The summed E-state index contributed by atoms with van der Waals surface area (Å²) >= 11 is 6.33. The summed E-state index contributed by atoms with van der Waals surface area (Å²) < 4.78 is 0. The van der Waals surface area contributed by atoms with Crippen LogP contribution in [-0.4, -0.2) is 38.6 Å². The first-order chi connectivity index (χ1) is 14.7. The van der Waals surface area contributed by atoms with Crippen LogP contribution in [0.1, 0.15) is 11.1 Å². The summed E-state index contributed by atoms with van der Waals surface area (Å²) in [6.07, 6.45) is 0.806. The van der Waals surface area contributed by atoms with Crippen molar-refractivity contribution in [1.29, 1.82) is 0 Å². The Morgan fingerprint density at radius 3 is 2.33 bits per heavy atom. The van der Waals surface area contributed by atoms with Gasteiger partial charge in [-0.1, -0.05) is 72.3 Å². The maximum Gasteiger partial charge on any atom is 0.279 e. The Morgan fingerprint density at radius 1 is 0.900 bits per heavy atom. The highest BCUT2D eigenvalue weighted by atomic mass is 35.5. The number of piperazine rings is 1. The van der Waals surface area contributed by atoms with Crippen LogP contribution in [0.2, 0.25) is 5.02 Å². The molecule has 1 amide bonds. The van der Waals surface area contributed by atoms with E-state index in [1.165, 1.54) is 10.5 Å². The van der Waals surface area contributed by atoms with Gasteiger partial charge in [0.25, 0.3) is 5.91 Å². The molecule has 4 rings (SSSR count). The van der Waals surface area contributed by atoms with Crippen LogP contribution in [0.25, 0.3) is 0 Å². The predicted octanol–water partition coefficient (Wildman–Crippen LogP) is 3.27. The second-order valence-electron chi connectivity index (χ2n) is 7.73. The minimum atomic E-state index is 0.0664. The van der Waals surface area contributed by atoms with Crippen LogP contribution < -0.4 is 15.1 Å². The molecule has 2 N–H and O–H groups in total. The van der Waals surface area contributed by atoms with Gasteiger partial charge in [-0.15, -0.1) is 0 Å². The van der Waals surface area contributed by atoms with E-state index in [4.69, 9.17) is 11.6 Å². The van der Waals surface area contributed by atoms with Crippen LogP contribution in [0.5, 0.6) is 0 Å². The molecule has 0 radical (unpaired) electrons. The Morgan fingerprint density at radius 2 is 1.57 bits per heavy atom. The van der Waals surface area contributed by atoms with Gasteiger partial charge in [0.2, 0.25) is 0 Å². The molecular formula is C25H27ClN3O+. The fraction of sp³-hybridized carbons (Fsp3) is 0.240. The third kappa shape index (κ3) is 5.21. The van der Waals surface area contributed by atoms with Crippen molar-refractivity contribution in [2.75, 3.05) is 42.9 Å². The lowest BCUT2D eigenvalue weighted by Gasteiger charge is -2.33. The highest BCUT2D eigenvalue weighted by molar-refractivity contribution is 6.33. The lowest BCUT2D eigenvalue weighted by Crippen LogP contribution is -3.15. The number of quaternary nitrogens is 1. The van der Waals surface area contributed by atoms with Crippen LogP contribution in [0, 0.1) is 0 Å². The van der Waals surface area contributed by atoms with Gasteiger partial charge in [0.1, 0.15) is 0 Å². The molecule has 1 heterocycles. The molecule has 0 bridgehead atoms. The van der Waals surface area contributed by atoms with Crippen LogP contribution in [-0.2, 0) is 11.2 Å². The second-order valence-corrected chi connectivity index (χ2v) is 8.14. The SMILES string of the molecule is O=C(C[NH+]1CCN(c2ccccc2Cl)CC1)Nc1ccccc1Cc1ccccc1. The molecule has 0 aliphatic carbocycles. The maximum atomic E-state index is 12.7. The normalized spacial score (nSPS) is 14.5. The summed E-state index contributed by atoms with van der Waals surface area (Å²) in [7, 11) is 0. The number of rotatable bonds is 6. The first kappa shape index (κ1) is 20.5. The third-order valence-corrected chi connectivity index (χ3v) is 5.92. The number of nitrogens with zero attached hydrogens (tertiary/aromatic N) is 1. The van der Waals surface area contributed by atoms with Gasteiger partial charge >= 0.3 is 0 Å². The van der Waals surface area contributed by atoms with E-state index in [9.17, 15) is 4.79 Å². The first-order valence-electron chi connectivity index (χ1n) is 10.4. The topological polar surface area (TPSA) is 36.8 Å². The molecule has 0 atom stereocenters. The zero-order valence-electron chi connectivity index (χ0n) is 17.0. The molecular weight excluding hydrogens is 394 g/mol. The Balaban J connectivity index is 1.32. The summed E-state index contributed by atoms with van der Waals surface area (Å²) in [5.74, 6) is 0.0664. The van der Waals surface area contributed by atoms with E-state index in [1.807, 2.05) is 54.6 Å². The fourth-order valence-electron chi connectivity index (χ4n) is 3.98. The van der Waals surface area contributed by atoms with E-state index >= 15 is 0 Å². The summed E-state index contributed by atoms with van der Waals surface area (Å²) in [5.41, 5.74) is 4.36. The number of hydrogen-bond donors (Lipinski definition) is 2. The van der Waals surface area contributed by atoms with Crippen molar-refractivity contribution in [2.45, 2.75) is 6.42 Å². The van der Waals surface area contributed by atoms with Gasteiger partial charge in [-0.3, -0.25) is 4.79 Å². The maximum absolute atomic E-state index is 12.7. The van der Waals surface area contributed by atoms with Crippen LogP contribution in [0.4, 0.5) is 11.4 Å². The highest BCUT2D eigenvalue weighted by Crippen LogP contribution is 2.24.